The van der Waals surface area contributed by atoms with Crippen LogP contribution < -0.4 is 5.32 Å². The average molecular weight is 269 g/mol. The van der Waals surface area contributed by atoms with Crippen molar-refractivity contribution < 1.29 is 18.7 Å². The van der Waals surface area contributed by atoms with Crippen LogP contribution in [-0.4, -0.2) is 16.6 Å². The van der Waals surface area contributed by atoms with Gasteiger partial charge in [0.25, 0.3) is 0 Å². The number of hydrogen-bond acceptors (Lipinski definition) is 2. The molecule has 1 saturated carbocycles. The lowest BCUT2D eigenvalue weighted by molar-refractivity contribution is -0.122. The molecule has 0 heterocycles. The molecule has 2 N–H and O–H groups in total. The normalized spacial score (nSPS) is 18.1. The second-order valence-corrected chi connectivity index (χ2v) is 5.11. The van der Waals surface area contributed by atoms with Gasteiger partial charge in [0.2, 0.25) is 5.91 Å². The van der Waals surface area contributed by atoms with Crippen molar-refractivity contribution in [3.8, 4) is 0 Å². The summed E-state index contributed by atoms with van der Waals surface area (Å²) in [5, 5.41) is 12.5. The Bertz CT molecular complexity index is 471. The number of aliphatic hydroxyl groups is 1. The maximum Gasteiger partial charge on any atom is 0.227 e. The Morgan fingerprint density at radius 1 is 1.26 bits per heavy atom. The molecule has 1 fully saturated rings. The topological polar surface area (TPSA) is 49.3 Å². The van der Waals surface area contributed by atoms with Gasteiger partial charge in [-0.25, -0.2) is 8.78 Å². The van der Waals surface area contributed by atoms with Crippen molar-refractivity contribution >= 4 is 11.6 Å². The minimum atomic E-state index is -1.08. The highest BCUT2D eigenvalue weighted by Crippen LogP contribution is 2.31. The molecule has 1 aliphatic carbocycles. The summed E-state index contributed by atoms with van der Waals surface area (Å²) in [5.74, 6) is -2.57. The van der Waals surface area contributed by atoms with Crippen LogP contribution in [0.3, 0.4) is 0 Å². The zero-order chi connectivity index (χ0) is 13.9. The van der Waals surface area contributed by atoms with Gasteiger partial charge in [-0.15, -0.1) is 0 Å². The fraction of sp³-hybridized carbons (Fsp3) is 0.500. The monoisotopic (exact) mass is 269 g/mol. The number of carbonyl (C=O) groups excluding carboxylic acids is 1. The number of nitrogens with one attached hydrogen (secondary N) is 1. The van der Waals surface area contributed by atoms with Crippen molar-refractivity contribution in [3.05, 3.63) is 29.8 Å². The van der Waals surface area contributed by atoms with Crippen molar-refractivity contribution in [3.63, 3.8) is 0 Å². The molecule has 0 aromatic heterocycles. The third-order valence-corrected chi connectivity index (χ3v) is 3.50. The molecule has 1 aromatic carbocycles. The third kappa shape index (κ3) is 3.50. The standard InChI is InChI=1S/C14H17F2NO2/c15-10-5-4-6-11(13(10)16)17-12(18)9-14(19)7-2-1-3-8-14/h4-6,19H,1-3,7-9H2,(H,17,18). The quantitative estimate of drug-likeness (QED) is 0.886. The van der Waals surface area contributed by atoms with Gasteiger partial charge in [0.1, 0.15) is 0 Å². The second-order valence-electron chi connectivity index (χ2n) is 5.11. The van der Waals surface area contributed by atoms with Gasteiger partial charge < -0.3 is 10.4 Å². The van der Waals surface area contributed by atoms with Crippen LogP contribution in [0.1, 0.15) is 38.5 Å². The number of hydrogen-bond donors (Lipinski definition) is 2. The van der Waals surface area contributed by atoms with Gasteiger partial charge in [-0.3, -0.25) is 4.79 Å². The summed E-state index contributed by atoms with van der Waals surface area (Å²) in [6.45, 7) is 0. The molecule has 0 atom stereocenters. The van der Waals surface area contributed by atoms with E-state index in [0.29, 0.717) is 12.8 Å². The van der Waals surface area contributed by atoms with Crippen molar-refractivity contribution in [1.82, 2.24) is 0 Å². The molecular weight excluding hydrogens is 252 g/mol. The molecule has 0 aliphatic heterocycles. The number of carbonyl (C=O) groups is 1. The first-order valence-electron chi connectivity index (χ1n) is 6.46. The molecule has 2 rings (SSSR count). The minimum Gasteiger partial charge on any atom is -0.389 e. The molecule has 104 valence electrons. The summed E-state index contributed by atoms with van der Waals surface area (Å²) in [6, 6.07) is 3.60. The Labute approximate surface area is 110 Å². The van der Waals surface area contributed by atoms with E-state index in [-0.39, 0.29) is 12.1 Å². The van der Waals surface area contributed by atoms with Crippen molar-refractivity contribution in [2.24, 2.45) is 0 Å². The number of anilines is 1. The lowest BCUT2D eigenvalue weighted by Gasteiger charge is -2.31. The van der Waals surface area contributed by atoms with E-state index in [2.05, 4.69) is 5.32 Å². The number of halogens is 2. The van der Waals surface area contributed by atoms with E-state index in [1.807, 2.05) is 0 Å². The first-order chi connectivity index (χ1) is 9.00. The van der Waals surface area contributed by atoms with Gasteiger partial charge in [0.05, 0.1) is 17.7 Å². The summed E-state index contributed by atoms with van der Waals surface area (Å²) in [4.78, 5) is 11.8. The van der Waals surface area contributed by atoms with E-state index in [1.165, 1.54) is 12.1 Å². The molecular formula is C14H17F2NO2. The molecule has 1 aliphatic rings. The SMILES string of the molecule is O=C(CC1(O)CCCCC1)Nc1cccc(F)c1F. The van der Waals surface area contributed by atoms with Crippen LogP contribution in [0.15, 0.2) is 18.2 Å². The molecule has 1 aromatic rings. The minimum absolute atomic E-state index is 0.0804. The Balaban J connectivity index is 1.99. The highest BCUT2D eigenvalue weighted by molar-refractivity contribution is 5.91. The van der Waals surface area contributed by atoms with Crippen LogP contribution in [0.5, 0.6) is 0 Å². The first-order valence-corrected chi connectivity index (χ1v) is 6.46. The van der Waals surface area contributed by atoms with Crippen LogP contribution >= 0.6 is 0 Å². The maximum absolute atomic E-state index is 13.4. The van der Waals surface area contributed by atoms with E-state index in [9.17, 15) is 18.7 Å². The van der Waals surface area contributed by atoms with Crippen molar-refractivity contribution in [2.75, 3.05) is 5.32 Å². The van der Waals surface area contributed by atoms with E-state index in [0.717, 1.165) is 25.3 Å². The van der Waals surface area contributed by atoms with E-state index < -0.39 is 23.1 Å². The molecule has 0 spiro atoms. The lowest BCUT2D eigenvalue weighted by Crippen LogP contribution is -2.36. The Morgan fingerprint density at radius 3 is 2.63 bits per heavy atom. The fourth-order valence-corrected chi connectivity index (χ4v) is 2.48. The van der Waals surface area contributed by atoms with Crippen LogP contribution in [-0.2, 0) is 4.79 Å². The van der Waals surface area contributed by atoms with Crippen molar-refractivity contribution in [2.45, 2.75) is 44.1 Å². The van der Waals surface area contributed by atoms with E-state index >= 15 is 0 Å². The van der Waals surface area contributed by atoms with Crippen molar-refractivity contribution in [1.29, 1.82) is 0 Å². The Morgan fingerprint density at radius 2 is 1.95 bits per heavy atom. The summed E-state index contributed by atoms with van der Waals surface area (Å²) in [6.07, 6.45) is 3.90. The Hall–Kier alpha value is -1.49. The van der Waals surface area contributed by atoms with Crippen LogP contribution in [0, 0.1) is 11.6 Å². The largest absolute Gasteiger partial charge is 0.389 e. The van der Waals surface area contributed by atoms with Gasteiger partial charge in [-0.05, 0) is 25.0 Å². The number of benzene rings is 1. The fourth-order valence-electron chi connectivity index (χ4n) is 2.48. The third-order valence-electron chi connectivity index (χ3n) is 3.50. The van der Waals surface area contributed by atoms with Gasteiger partial charge in [-0.1, -0.05) is 25.3 Å². The van der Waals surface area contributed by atoms with Crippen LogP contribution in [0.2, 0.25) is 0 Å². The molecule has 0 unspecified atom stereocenters. The van der Waals surface area contributed by atoms with E-state index in [1.54, 1.807) is 0 Å². The van der Waals surface area contributed by atoms with E-state index in [4.69, 9.17) is 0 Å². The number of rotatable bonds is 3. The summed E-state index contributed by atoms with van der Waals surface area (Å²) < 4.78 is 26.4. The lowest BCUT2D eigenvalue weighted by atomic mass is 9.82. The molecule has 0 radical (unpaired) electrons. The highest BCUT2D eigenvalue weighted by Gasteiger charge is 2.31. The van der Waals surface area contributed by atoms with Gasteiger partial charge in [0, 0.05) is 0 Å². The predicted octanol–water partition coefficient (Wildman–Crippen LogP) is 2.99. The molecule has 3 nitrogen and oxygen atoms in total. The zero-order valence-electron chi connectivity index (χ0n) is 10.6. The summed E-state index contributed by atoms with van der Waals surface area (Å²) in [5.41, 5.74) is -1.20. The molecule has 5 heteroatoms. The van der Waals surface area contributed by atoms with Gasteiger partial charge in [-0.2, -0.15) is 0 Å². The van der Waals surface area contributed by atoms with Gasteiger partial charge >= 0.3 is 0 Å². The van der Waals surface area contributed by atoms with Crippen LogP contribution in [0.25, 0.3) is 0 Å². The molecule has 0 bridgehead atoms. The average Bonchev–Trinajstić information content (AvgIpc) is 2.35. The van der Waals surface area contributed by atoms with Crippen LogP contribution in [0.4, 0.5) is 14.5 Å². The number of amides is 1. The predicted molar refractivity (Wildman–Crippen MR) is 67.6 cm³/mol. The zero-order valence-corrected chi connectivity index (χ0v) is 10.6. The highest BCUT2D eigenvalue weighted by atomic mass is 19.2. The second kappa shape index (κ2) is 5.65. The van der Waals surface area contributed by atoms with Gasteiger partial charge in [0.15, 0.2) is 11.6 Å². The smallest absolute Gasteiger partial charge is 0.227 e. The molecule has 19 heavy (non-hydrogen) atoms. The first kappa shape index (κ1) is 13.9. The summed E-state index contributed by atoms with van der Waals surface area (Å²) in [7, 11) is 0. The summed E-state index contributed by atoms with van der Waals surface area (Å²) >= 11 is 0. The maximum atomic E-state index is 13.4. The molecule has 1 amide bonds. The molecule has 0 saturated heterocycles. The Kier molecular flexibility index (Phi) is 4.14.